The van der Waals surface area contributed by atoms with Gasteiger partial charge >= 0.3 is 5.97 Å². The zero-order valence-corrected chi connectivity index (χ0v) is 8.51. The zero-order valence-electron chi connectivity index (χ0n) is 8.51. The third-order valence-electron chi connectivity index (χ3n) is 2.62. The number of nitrogens with one attached hydrogen (secondary N) is 1. The Balaban J connectivity index is 2.26. The summed E-state index contributed by atoms with van der Waals surface area (Å²) >= 11 is 0. The Morgan fingerprint density at radius 3 is 2.54 bits per heavy atom. The summed E-state index contributed by atoms with van der Waals surface area (Å²) in [7, 11) is 1.77. The van der Waals surface area contributed by atoms with Crippen LogP contribution in [0, 0.1) is 0 Å². The van der Waals surface area contributed by atoms with E-state index >= 15 is 0 Å². The Bertz CT molecular complexity index is 164. The molecule has 76 valence electrons. The van der Waals surface area contributed by atoms with Crippen LogP contribution in [-0.2, 0) is 9.53 Å². The van der Waals surface area contributed by atoms with Crippen molar-refractivity contribution in [3.05, 3.63) is 0 Å². The van der Waals surface area contributed by atoms with Crippen LogP contribution in [0.25, 0.3) is 0 Å². The van der Waals surface area contributed by atoms with Crippen molar-refractivity contribution in [2.75, 3.05) is 7.05 Å². The number of hydrogen-bond donors (Lipinski definition) is 1. The van der Waals surface area contributed by atoms with E-state index in [1.54, 1.807) is 7.05 Å². The summed E-state index contributed by atoms with van der Waals surface area (Å²) in [5, 5.41) is 2.88. The Hall–Kier alpha value is -0.570. The van der Waals surface area contributed by atoms with Crippen molar-refractivity contribution in [1.82, 2.24) is 5.32 Å². The van der Waals surface area contributed by atoms with Gasteiger partial charge in [0.05, 0.1) is 0 Å². The summed E-state index contributed by atoms with van der Waals surface area (Å²) < 4.78 is 5.34. The second-order valence-corrected chi connectivity index (χ2v) is 3.71. The molecule has 13 heavy (non-hydrogen) atoms. The van der Waals surface area contributed by atoms with E-state index in [2.05, 4.69) is 5.32 Å². The van der Waals surface area contributed by atoms with E-state index in [4.69, 9.17) is 4.74 Å². The lowest BCUT2D eigenvalue weighted by Gasteiger charge is -2.23. The predicted molar refractivity (Wildman–Crippen MR) is 51.5 cm³/mol. The van der Waals surface area contributed by atoms with E-state index in [1.165, 1.54) is 19.3 Å². The van der Waals surface area contributed by atoms with E-state index in [0.29, 0.717) is 0 Å². The molecule has 1 atom stereocenters. The first-order valence-corrected chi connectivity index (χ1v) is 5.12. The topological polar surface area (TPSA) is 38.3 Å². The first-order valence-electron chi connectivity index (χ1n) is 5.12. The van der Waals surface area contributed by atoms with E-state index in [1.807, 2.05) is 6.92 Å². The van der Waals surface area contributed by atoms with E-state index in [9.17, 15) is 4.79 Å². The highest BCUT2D eigenvalue weighted by Gasteiger charge is 2.20. The molecular formula is C10H19NO2. The Labute approximate surface area is 79.8 Å². The summed E-state index contributed by atoms with van der Waals surface area (Å²) in [6.07, 6.45) is 5.95. The molecule has 1 N–H and O–H groups in total. The Morgan fingerprint density at radius 2 is 2.00 bits per heavy atom. The van der Waals surface area contributed by atoms with E-state index < -0.39 is 0 Å². The molecule has 1 aliphatic rings. The normalized spacial score (nSPS) is 21.1. The summed E-state index contributed by atoms with van der Waals surface area (Å²) in [6, 6.07) is -0.179. The van der Waals surface area contributed by atoms with Gasteiger partial charge in [0.25, 0.3) is 0 Å². The highest BCUT2D eigenvalue weighted by Crippen LogP contribution is 2.20. The van der Waals surface area contributed by atoms with Gasteiger partial charge in [0.1, 0.15) is 12.1 Å². The molecule has 0 aromatic heterocycles. The fourth-order valence-corrected chi connectivity index (χ4v) is 1.57. The first-order chi connectivity index (χ1) is 6.24. The zero-order chi connectivity index (χ0) is 9.68. The standard InChI is InChI=1S/C10H19NO2/c1-8(11-2)10(12)13-9-6-4-3-5-7-9/h8-9,11H,3-7H2,1-2H3/t8-/m1/s1. The summed E-state index contributed by atoms with van der Waals surface area (Å²) in [4.78, 5) is 11.4. The molecule has 1 saturated carbocycles. The van der Waals surface area contributed by atoms with Crippen LogP contribution >= 0.6 is 0 Å². The molecule has 0 heterocycles. The highest BCUT2D eigenvalue weighted by atomic mass is 16.5. The van der Waals surface area contributed by atoms with Gasteiger partial charge in [-0.3, -0.25) is 4.79 Å². The first kappa shape index (κ1) is 10.5. The minimum atomic E-state index is -0.179. The lowest BCUT2D eigenvalue weighted by molar-refractivity contribution is -0.152. The Kier molecular flexibility index (Phi) is 4.22. The maximum absolute atomic E-state index is 11.4. The summed E-state index contributed by atoms with van der Waals surface area (Å²) in [6.45, 7) is 1.82. The molecule has 0 spiro atoms. The number of ether oxygens (including phenoxy) is 1. The van der Waals surface area contributed by atoms with Crippen LogP contribution in [-0.4, -0.2) is 25.2 Å². The molecule has 1 rings (SSSR count). The predicted octanol–water partition coefficient (Wildman–Crippen LogP) is 1.47. The third kappa shape index (κ3) is 3.35. The number of likely N-dealkylation sites (N-methyl/N-ethyl adjacent to an activating group) is 1. The second-order valence-electron chi connectivity index (χ2n) is 3.71. The van der Waals surface area contributed by atoms with Gasteiger partial charge in [0.2, 0.25) is 0 Å². The molecule has 0 aliphatic heterocycles. The quantitative estimate of drug-likeness (QED) is 0.677. The molecule has 3 nitrogen and oxygen atoms in total. The molecule has 0 saturated heterocycles. The van der Waals surface area contributed by atoms with Crippen LogP contribution in [0.1, 0.15) is 39.0 Å². The van der Waals surface area contributed by atoms with Gasteiger partial charge in [0, 0.05) is 0 Å². The molecule has 0 bridgehead atoms. The molecule has 3 heteroatoms. The smallest absolute Gasteiger partial charge is 0.323 e. The lowest BCUT2D eigenvalue weighted by atomic mass is 9.98. The number of rotatable bonds is 3. The minimum absolute atomic E-state index is 0.116. The third-order valence-corrected chi connectivity index (χ3v) is 2.62. The average molecular weight is 185 g/mol. The van der Waals surface area contributed by atoms with Crippen molar-refractivity contribution < 1.29 is 9.53 Å². The number of carbonyl (C=O) groups excluding carboxylic acids is 1. The van der Waals surface area contributed by atoms with E-state index in [0.717, 1.165) is 12.8 Å². The maximum Gasteiger partial charge on any atom is 0.323 e. The van der Waals surface area contributed by atoms with Crippen LogP contribution in [0.3, 0.4) is 0 Å². The summed E-state index contributed by atoms with van der Waals surface area (Å²) in [5.74, 6) is -0.116. The van der Waals surface area contributed by atoms with Crippen LogP contribution in [0.15, 0.2) is 0 Å². The van der Waals surface area contributed by atoms with Crippen LogP contribution in [0.5, 0.6) is 0 Å². The van der Waals surface area contributed by atoms with Crippen molar-refractivity contribution >= 4 is 5.97 Å². The Morgan fingerprint density at radius 1 is 1.38 bits per heavy atom. The number of carbonyl (C=O) groups is 1. The summed E-state index contributed by atoms with van der Waals surface area (Å²) in [5.41, 5.74) is 0. The molecule has 0 radical (unpaired) electrons. The van der Waals surface area contributed by atoms with Gasteiger partial charge in [0.15, 0.2) is 0 Å². The molecule has 0 aromatic rings. The molecular weight excluding hydrogens is 166 g/mol. The van der Waals surface area contributed by atoms with Crippen molar-refractivity contribution in [2.24, 2.45) is 0 Å². The average Bonchev–Trinajstić information content (AvgIpc) is 2.18. The van der Waals surface area contributed by atoms with Crippen LogP contribution in [0.2, 0.25) is 0 Å². The van der Waals surface area contributed by atoms with Gasteiger partial charge < -0.3 is 10.1 Å². The maximum atomic E-state index is 11.4. The van der Waals surface area contributed by atoms with Crippen LogP contribution < -0.4 is 5.32 Å². The molecule has 0 amide bonds. The molecule has 1 fully saturated rings. The second kappa shape index (κ2) is 5.22. The number of esters is 1. The van der Waals surface area contributed by atoms with Gasteiger partial charge in [-0.15, -0.1) is 0 Å². The fraction of sp³-hybridized carbons (Fsp3) is 0.900. The van der Waals surface area contributed by atoms with Gasteiger partial charge in [-0.25, -0.2) is 0 Å². The number of hydrogen-bond acceptors (Lipinski definition) is 3. The van der Waals surface area contributed by atoms with Crippen molar-refractivity contribution in [1.29, 1.82) is 0 Å². The monoisotopic (exact) mass is 185 g/mol. The van der Waals surface area contributed by atoms with Crippen molar-refractivity contribution in [2.45, 2.75) is 51.2 Å². The molecule has 0 unspecified atom stereocenters. The van der Waals surface area contributed by atoms with Gasteiger partial charge in [-0.05, 0) is 39.7 Å². The lowest BCUT2D eigenvalue weighted by Crippen LogP contribution is -2.35. The van der Waals surface area contributed by atoms with Crippen molar-refractivity contribution in [3.63, 3.8) is 0 Å². The van der Waals surface area contributed by atoms with Gasteiger partial charge in [-0.2, -0.15) is 0 Å². The fourth-order valence-electron chi connectivity index (χ4n) is 1.57. The highest BCUT2D eigenvalue weighted by molar-refractivity contribution is 5.75. The van der Waals surface area contributed by atoms with Crippen molar-refractivity contribution in [3.8, 4) is 0 Å². The molecule has 1 aliphatic carbocycles. The van der Waals surface area contributed by atoms with E-state index in [-0.39, 0.29) is 18.1 Å². The minimum Gasteiger partial charge on any atom is -0.461 e. The van der Waals surface area contributed by atoms with Gasteiger partial charge in [-0.1, -0.05) is 6.42 Å². The SMILES string of the molecule is CN[C@H](C)C(=O)OC1CCCCC1. The van der Waals surface area contributed by atoms with Crippen LogP contribution in [0.4, 0.5) is 0 Å². The largest absolute Gasteiger partial charge is 0.461 e. The molecule has 0 aromatic carbocycles.